The second kappa shape index (κ2) is 7.68. The minimum Gasteiger partial charge on any atom is -0.380 e. The number of aromatic nitrogens is 2. The molecule has 3 rings (SSSR count). The first kappa shape index (κ1) is 17.5. The fourth-order valence-corrected chi connectivity index (χ4v) is 3.51. The third-order valence-corrected chi connectivity index (χ3v) is 5.36. The minimum atomic E-state index is -0.125. The molecule has 0 aliphatic carbocycles. The summed E-state index contributed by atoms with van der Waals surface area (Å²) in [5, 5.41) is 8.29. The molecule has 1 saturated heterocycles. The van der Waals surface area contributed by atoms with E-state index in [2.05, 4.69) is 43.4 Å². The number of aryl methyl sites for hydroxylation is 1. The number of hydrogen-bond acceptors (Lipinski definition) is 4. The van der Waals surface area contributed by atoms with Gasteiger partial charge in [-0.05, 0) is 46.5 Å². The number of hydrogen-bond donors (Lipinski definition) is 1. The molecule has 128 valence electrons. The van der Waals surface area contributed by atoms with Gasteiger partial charge in [0.25, 0.3) is 5.56 Å². The van der Waals surface area contributed by atoms with Crippen LogP contribution in [0.1, 0.15) is 18.4 Å². The van der Waals surface area contributed by atoms with Crippen LogP contribution in [0.4, 0.5) is 5.69 Å². The lowest BCUT2D eigenvalue weighted by Gasteiger charge is -2.33. The van der Waals surface area contributed by atoms with Gasteiger partial charge in [0.05, 0.1) is 11.9 Å². The topological polar surface area (TPSA) is 50.2 Å². The van der Waals surface area contributed by atoms with E-state index < -0.39 is 0 Å². The van der Waals surface area contributed by atoms with Crippen molar-refractivity contribution in [3.05, 3.63) is 55.9 Å². The summed E-state index contributed by atoms with van der Waals surface area (Å²) in [7, 11) is 1.64. The molecular weight excluding hydrogens is 392 g/mol. The van der Waals surface area contributed by atoms with Gasteiger partial charge >= 0.3 is 0 Å². The van der Waals surface area contributed by atoms with E-state index in [9.17, 15) is 4.79 Å². The fourth-order valence-electron chi connectivity index (χ4n) is 2.91. The molecule has 0 bridgehead atoms. The Bertz CT molecular complexity index is 754. The molecule has 0 unspecified atom stereocenters. The molecule has 7 heteroatoms. The third-order valence-electron chi connectivity index (χ3n) is 4.34. The van der Waals surface area contributed by atoms with Gasteiger partial charge in [-0.3, -0.25) is 9.69 Å². The Kier molecular flexibility index (Phi) is 5.58. The minimum absolute atomic E-state index is 0.125. The van der Waals surface area contributed by atoms with Gasteiger partial charge in [0.15, 0.2) is 0 Å². The fraction of sp³-hybridized carbons (Fsp3) is 0.412. The zero-order valence-corrected chi connectivity index (χ0v) is 15.8. The highest BCUT2D eigenvalue weighted by Crippen LogP contribution is 2.22. The van der Waals surface area contributed by atoms with E-state index in [0.717, 1.165) is 43.2 Å². The van der Waals surface area contributed by atoms with Crippen LogP contribution in [-0.4, -0.2) is 33.8 Å². The van der Waals surface area contributed by atoms with Crippen LogP contribution in [0.25, 0.3) is 0 Å². The lowest BCUT2D eigenvalue weighted by molar-refractivity contribution is 0.211. The molecule has 1 fully saturated rings. The Balaban J connectivity index is 1.55. The Hall–Kier alpha value is -1.37. The molecule has 2 heterocycles. The summed E-state index contributed by atoms with van der Waals surface area (Å²) in [6.07, 6.45) is 3.77. The number of rotatable bonds is 4. The number of halogens is 2. The van der Waals surface area contributed by atoms with Crippen LogP contribution in [-0.2, 0) is 13.6 Å². The van der Waals surface area contributed by atoms with Crippen LogP contribution >= 0.6 is 27.5 Å². The molecule has 1 aromatic carbocycles. The van der Waals surface area contributed by atoms with E-state index in [4.69, 9.17) is 11.6 Å². The van der Waals surface area contributed by atoms with Gasteiger partial charge in [0.1, 0.15) is 4.47 Å². The number of benzene rings is 1. The molecule has 0 spiro atoms. The number of piperidine rings is 1. The Morgan fingerprint density at radius 1 is 1.29 bits per heavy atom. The average molecular weight is 412 g/mol. The second-order valence-corrected chi connectivity index (χ2v) is 7.35. The Morgan fingerprint density at radius 2 is 1.96 bits per heavy atom. The molecule has 0 saturated carbocycles. The monoisotopic (exact) mass is 410 g/mol. The summed E-state index contributed by atoms with van der Waals surface area (Å²) < 4.78 is 1.87. The van der Waals surface area contributed by atoms with Crippen LogP contribution < -0.4 is 10.9 Å². The van der Waals surface area contributed by atoms with Crippen molar-refractivity contribution >= 4 is 33.2 Å². The van der Waals surface area contributed by atoms with Gasteiger partial charge in [0.2, 0.25) is 0 Å². The van der Waals surface area contributed by atoms with Crippen molar-refractivity contribution < 1.29 is 0 Å². The van der Waals surface area contributed by atoms with Crippen LogP contribution in [0.2, 0.25) is 5.02 Å². The van der Waals surface area contributed by atoms with Crippen molar-refractivity contribution in [3.8, 4) is 0 Å². The third kappa shape index (κ3) is 4.18. The van der Waals surface area contributed by atoms with Crippen molar-refractivity contribution in [2.24, 2.45) is 7.05 Å². The molecule has 1 aliphatic heterocycles. The lowest BCUT2D eigenvalue weighted by atomic mass is 10.0. The number of likely N-dealkylation sites (tertiary alicyclic amines) is 1. The number of anilines is 1. The van der Waals surface area contributed by atoms with Crippen molar-refractivity contribution in [3.63, 3.8) is 0 Å². The van der Waals surface area contributed by atoms with Crippen molar-refractivity contribution in [1.29, 1.82) is 0 Å². The second-order valence-electron chi connectivity index (χ2n) is 6.12. The van der Waals surface area contributed by atoms with E-state index >= 15 is 0 Å². The van der Waals surface area contributed by atoms with Crippen LogP contribution in [0, 0.1) is 0 Å². The van der Waals surface area contributed by atoms with Crippen molar-refractivity contribution in [2.75, 3.05) is 18.4 Å². The first-order chi connectivity index (χ1) is 11.5. The average Bonchev–Trinajstić information content (AvgIpc) is 2.59. The highest BCUT2D eigenvalue weighted by molar-refractivity contribution is 9.10. The summed E-state index contributed by atoms with van der Waals surface area (Å²) in [5.74, 6) is 0. The highest BCUT2D eigenvalue weighted by Gasteiger charge is 2.20. The predicted octanol–water partition coefficient (Wildman–Crippen LogP) is 3.27. The van der Waals surface area contributed by atoms with Crippen LogP contribution in [0.3, 0.4) is 0 Å². The van der Waals surface area contributed by atoms with Crippen molar-refractivity contribution in [1.82, 2.24) is 14.7 Å². The van der Waals surface area contributed by atoms with Crippen LogP contribution in [0.5, 0.6) is 0 Å². The summed E-state index contributed by atoms with van der Waals surface area (Å²) in [6, 6.07) is 8.39. The molecule has 0 atom stereocenters. The Morgan fingerprint density at radius 3 is 2.62 bits per heavy atom. The predicted molar refractivity (Wildman–Crippen MR) is 101 cm³/mol. The molecule has 1 aliphatic rings. The molecule has 2 aromatic rings. The zero-order valence-electron chi connectivity index (χ0n) is 13.5. The molecule has 0 radical (unpaired) electrons. The van der Waals surface area contributed by atoms with Crippen molar-refractivity contribution in [2.45, 2.75) is 25.4 Å². The largest absolute Gasteiger partial charge is 0.380 e. The van der Waals surface area contributed by atoms with Gasteiger partial charge in [-0.25, -0.2) is 4.68 Å². The molecule has 5 nitrogen and oxygen atoms in total. The van der Waals surface area contributed by atoms with E-state index in [0.29, 0.717) is 10.5 Å². The van der Waals surface area contributed by atoms with Gasteiger partial charge in [0, 0.05) is 37.7 Å². The van der Waals surface area contributed by atoms with Crippen LogP contribution in [0.15, 0.2) is 39.7 Å². The quantitative estimate of drug-likeness (QED) is 0.839. The van der Waals surface area contributed by atoms with Gasteiger partial charge in [-0.1, -0.05) is 23.7 Å². The maximum atomic E-state index is 11.9. The smallest absolute Gasteiger partial charge is 0.282 e. The normalized spacial score (nSPS) is 16.3. The maximum absolute atomic E-state index is 11.9. The molecule has 1 aromatic heterocycles. The van der Waals surface area contributed by atoms with E-state index in [-0.39, 0.29) is 5.56 Å². The first-order valence-electron chi connectivity index (χ1n) is 7.98. The summed E-state index contributed by atoms with van der Waals surface area (Å²) in [6.45, 7) is 2.99. The maximum Gasteiger partial charge on any atom is 0.282 e. The van der Waals surface area contributed by atoms with Gasteiger partial charge in [-0.15, -0.1) is 0 Å². The van der Waals surface area contributed by atoms with Gasteiger partial charge < -0.3 is 5.32 Å². The zero-order chi connectivity index (χ0) is 17.1. The molecule has 0 amide bonds. The van der Waals surface area contributed by atoms with E-state index in [1.165, 1.54) is 10.2 Å². The SMILES string of the molecule is Cn1ncc(NC2CCN(Cc3ccc(Cl)cc3)CC2)c(Br)c1=O. The molecule has 1 N–H and O–H groups in total. The molecular formula is C17H20BrClN4O. The Labute approximate surface area is 154 Å². The lowest BCUT2D eigenvalue weighted by Crippen LogP contribution is -2.39. The molecule has 24 heavy (non-hydrogen) atoms. The highest BCUT2D eigenvalue weighted by atomic mass is 79.9. The summed E-state index contributed by atoms with van der Waals surface area (Å²) >= 11 is 9.29. The number of nitrogens with zero attached hydrogens (tertiary/aromatic N) is 3. The summed E-state index contributed by atoms with van der Waals surface area (Å²) in [5.41, 5.74) is 1.93. The standard InChI is InChI=1S/C17H20BrClN4O/c1-22-17(24)16(18)15(10-20-22)21-14-6-8-23(9-7-14)11-12-2-4-13(19)5-3-12/h2-5,10,14,21H,6-9,11H2,1H3. The summed E-state index contributed by atoms with van der Waals surface area (Å²) in [4.78, 5) is 14.3. The van der Waals surface area contributed by atoms with E-state index in [1.54, 1.807) is 13.2 Å². The first-order valence-corrected chi connectivity index (χ1v) is 9.15. The van der Waals surface area contributed by atoms with E-state index in [1.807, 2.05) is 12.1 Å². The number of nitrogens with one attached hydrogen (secondary N) is 1. The van der Waals surface area contributed by atoms with Gasteiger partial charge in [-0.2, -0.15) is 5.10 Å².